The third-order valence-corrected chi connectivity index (χ3v) is 6.03. The Morgan fingerprint density at radius 3 is 2.73 bits per heavy atom. The number of hydrogen-bond donors (Lipinski definition) is 1. The number of nitrogens with zero attached hydrogens (tertiary/aromatic N) is 1. The van der Waals surface area contributed by atoms with Gasteiger partial charge in [-0.05, 0) is 73.4 Å². The fraction of sp³-hybridized carbons (Fsp3) is 0.400. The van der Waals surface area contributed by atoms with Crippen LogP contribution in [-0.2, 0) is 4.79 Å². The van der Waals surface area contributed by atoms with Crippen molar-refractivity contribution < 1.29 is 9.59 Å². The minimum absolute atomic E-state index is 0.00451. The molecular weight excluding hydrogens is 368 g/mol. The SMILES string of the molecule is Cc1ccsc1C(=O)N1CCC[C@H](CCC(=O)Nc2ccc(Cl)cc2)C1. The van der Waals surface area contributed by atoms with Crippen LogP contribution in [0.5, 0.6) is 0 Å². The third kappa shape index (κ3) is 4.86. The van der Waals surface area contributed by atoms with Crippen LogP contribution >= 0.6 is 22.9 Å². The second-order valence-electron chi connectivity index (χ2n) is 6.79. The van der Waals surface area contributed by atoms with E-state index in [-0.39, 0.29) is 11.8 Å². The van der Waals surface area contributed by atoms with E-state index < -0.39 is 0 Å². The Hall–Kier alpha value is -1.85. The maximum Gasteiger partial charge on any atom is 0.264 e. The molecule has 2 heterocycles. The summed E-state index contributed by atoms with van der Waals surface area (Å²) in [6.45, 7) is 3.53. The van der Waals surface area contributed by atoms with Crippen molar-refractivity contribution in [2.24, 2.45) is 5.92 Å². The Labute approximate surface area is 163 Å². The van der Waals surface area contributed by atoms with Crippen LogP contribution in [0, 0.1) is 12.8 Å². The van der Waals surface area contributed by atoms with Gasteiger partial charge in [-0.1, -0.05) is 11.6 Å². The number of rotatable bonds is 5. The minimum atomic E-state index is 0.00451. The predicted octanol–water partition coefficient (Wildman–Crippen LogP) is 4.98. The molecule has 1 aliphatic heterocycles. The lowest BCUT2D eigenvalue weighted by Crippen LogP contribution is -2.40. The van der Waals surface area contributed by atoms with E-state index in [1.807, 2.05) is 23.3 Å². The molecule has 0 spiro atoms. The summed E-state index contributed by atoms with van der Waals surface area (Å²) in [7, 11) is 0. The average Bonchev–Trinajstić information content (AvgIpc) is 3.07. The number of aryl methyl sites for hydroxylation is 1. The van der Waals surface area contributed by atoms with Gasteiger partial charge in [-0.2, -0.15) is 0 Å². The van der Waals surface area contributed by atoms with E-state index in [0.717, 1.165) is 48.5 Å². The molecule has 1 saturated heterocycles. The first-order valence-electron chi connectivity index (χ1n) is 8.91. The van der Waals surface area contributed by atoms with Crippen LogP contribution in [0.15, 0.2) is 35.7 Å². The van der Waals surface area contributed by atoms with E-state index >= 15 is 0 Å². The Kier molecular flexibility index (Phi) is 6.33. The lowest BCUT2D eigenvalue weighted by atomic mass is 9.93. The van der Waals surface area contributed by atoms with Gasteiger partial charge in [0.25, 0.3) is 5.91 Å². The zero-order valence-corrected chi connectivity index (χ0v) is 16.4. The number of nitrogens with one attached hydrogen (secondary N) is 1. The van der Waals surface area contributed by atoms with Crippen molar-refractivity contribution in [2.75, 3.05) is 18.4 Å². The highest BCUT2D eigenvalue weighted by molar-refractivity contribution is 7.12. The summed E-state index contributed by atoms with van der Waals surface area (Å²) in [6, 6.07) is 9.10. The molecule has 26 heavy (non-hydrogen) atoms. The van der Waals surface area contributed by atoms with Crippen LogP contribution in [0.4, 0.5) is 5.69 Å². The highest BCUT2D eigenvalue weighted by Crippen LogP contribution is 2.25. The number of carbonyl (C=O) groups excluding carboxylic acids is 2. The molecule has 2 amide bonds. The normalized spacial score (nSPS) is 17.2. The summed E-state index contributed by atoms with van der Waals surface area (Å²) in [4.78, 5) is 27.6. The highest BCUT2D eigenvalue weighted by atomic mass is 35.5. The van der Waals surface area contributed by atoms with Crippen molar-refractivity contribution >= 4 is 40.4 Å². The molecule has 6 heteroatoms. The molecule has 1 aromatic carbocycles. The van der Waals surface area contributed by atoms with E-state index in [0.29, 0.717) is 17.4 Å². The molecular formula is C20H23ClN2O2S. The van der Waals surface area contributed by atoms with E-state index in [1.165, 1.54) is 11.3 Å². The van der Waals surface area contributed by atoms with Crippen molar-refractivity contribution in [3.8, 4) is 0 Å². The lowest BCUT2D eigenvalue weighted by molar-refractivity contribution is -0.116. The fourth-order valence-corrected chi connectivity index (χ4v) is 4.33. The largest absolute Gasteiger partial charge is 0.338 e. The molecule has 0 bridgehead atoms. The first-order valence-corrected chi connectivity index (χ1v) is 10.2. The molecule has 0 saturated carbocycles. The molecule has 3 rings (SSSR count). The summed E-state index contributed by atoms with van der Waals surface area (Å²) in [6.07, 6.45) is 3.33. The van der Waals surface area contributed by atoms with Gasteiger partial charge in [0.05, 0.1) is 4.88 Å². The van der Waals surface area contributed by atoms with Crippen LogP contribution in [0.3, 0.4) is 0 Å². The zero-order valence-electron chi connectivity index (χ0n) is 14.8. The van der Waals surface area contributed by atoms with E-state index in [2.05, 4.69) is 5.32 Å². The molecule has 1 aliphatic rings. The first-order chi connectivity index (χ1) is 12.5. The second-order valence-corrected chi connectivity index (χ2v) is 8.14. The molecule has 2 aromatic rings. The Bertz CT molecular complexity index is 772. The summed E-state index contributed by atoms with van der Waals surface area (Å²) in [5, 5.41) is 5.51. The summed E-state index contributed by atoms with van der Waals surface area (Å²) in [5.74, 6) is 0.515. The third-order valence-electron chi connectivity index (χ3n) is 4.77. The van der Waals surface area contributed by atoms with Crippen molar-refractivity contribution in [3.63, 3.8) is 0 Å². The number of hydrogen-bond acceptors (Lipinski definition) is 3. The van der Waals surface area contributed by atoms with Crippen molar-refractivity contribution in [3.05, 3.63) is 51.2 Å². The van der Waals surface area contributed by atoms with Gasteiger partial charge in [0.2, 0.25) is 5.91 Å². The summed E-state index contributed by atoms with van der Waals surface area (Å²) >= 11 is 7.36. The number of likely N-dealkylation sites (tertiary alicyclic amines) is 1. The zero-order chi connectivity index (χ0) is 18.5. The number of piperidine rings is 1. The smallest absolute Gasteiger partial charge is 0.264 e. The molecule has 0 aliphatic carbocycles. The van der Waals surface area contributed by atoms with Gasteiger partial charge in [-0.15, -0.1) is 11.3 Å². The topological polar surface area (TPSA) is 49.4 Å². The van der Waals surface area contributed by atoms with Crippen LogP contribution in [0.25, 0.3) is 0 Å². The van der Waals surface area contributed by atoms with E-state index in [4.69, 9.17) is 11.6 Å². The number of benzene rings is 1. The van der Waals surface area contributed by atoms with Gasteiger partial charge in [0, 0.05) is 30.2 Å². The van der Waals surface area contributed by atoms with Gasteiger partial charge >= 0.3 is 0 Å². The second kappa shape index (κ2) is 8.69. The van der Waals surface area contributed by atoms with Gasteiger partial charge in [-0.25, -0.2) is 0 Å². The standard InChI is InChI=1S/C20H23ClN2O2S/c1-14-10-12-26-19(14)20(25)23-11-2-3-15(13-23)4-9-18(24)22-17-7-5-16(21)6-8-17/h5-8,10,12,15H,2-4,9,11,13H2,1H3,(H,22,24)/t15-/m1/s1. The maximum absolute atomic E-state index is 12.7. The molecule has 1 atom stereocenters. The van der Waals surface area contributed by atoms with Crippen LogP contribution < -0.4 is 5.32 Å². The minimum Gasteiger partial charge on any atom is -0.338 e. The monoisotopic (exact) mass is 390 g/mol. The number of thiophene rings is 1. The molecule has 1 aromatic heterocycles. The number of anilines is 1. The van der Waals surface area contributed by atoms with Gasteiger partial charge in [0.1, 0.15) is 0 Å². The first kappa shape index (κ1) is 18.9. The number of amides is 2. The van der Waals surface area contributed by atoms with Crippen molar-refractivity contribution in [1.82, 2.24) is 4.90 Å². The quantitative estimate of drug-likeness (QED) is 0.782. The summed E-state index contributed by atoms with van der Waals surface area (Å²) < 4.78 is 0. The molecule has 1 fully saturated rings. The molecule has 1 N–H and O–H groups in total. The van der Waals surface area contributed by atoms with E-state index in [9.17, 15) is 9.59 Å². The Morgan fingerprint density at radius 1 is 1.27 bits per heavy atom. The van der Waals surface area contributed by atoms with Crippen molar-refractivity contribution in [2.45, 2.75) is 32.6 Å². The average molecular weight is 391 g/mol. The van der Waals surface area contributed by atoms with Crippen LogP contribution in [0.2, 0.25) is 5.02 Å². The fourth-order valence-electron chi connectivity index (χ4n) is 3.31. The van der Waals surface area contributed by atoms with Gasteiger partial charge in [0.15, 0.2) is 0 Å². The maximum atomic E-state index is 12.7. The molecule has 4 nitrogen and oxygen atoms in total. The predicted molar refractivity (Wildman–Crippen MR) is 107 cm³/mol. The van der Waals surface area contributed by atoms with Crippen LogP contribution in [0.1, 0.15) is 40.9 Å². The van der Waals surface area contributed by atoms with Crippen molar-refractivity contribution in [1.29, 1.82) is 0 Å². The van der Waals surface area contributed by atoms with Gasteiger partial charge < -0.3 is 10.2 Å². The van der Waals surface area contributed by atoms with Crippen LogP contribution in [-0.4, -0.2) is 29.8 Å². The summed E-state index contributed by atoms with van der Waals surface area (Å²) in [5.41, 5.74) is 1.80. The lowest BCUT2D eigenvalue weighted by Gasteiger charge is -2.32. The molecule has 0 unspecified atom stereocenters. The Balaban J connectivity index is 1.49. The molecule has 0 radical (unpaired) electrons. The number of halogens is 1. The number of carbonyl (C=O) groups is 2. The Morgan fingerprint density at radius 2 is 2.04 bits per heavy atom. The van der Waals surface area contributed by atoms with Gasteiger partial charge in [-0.3, -0.25) is 9.59 Å². The highest BCUT2D eigenvalue weighted by Gasteiger charge is 2.26. The molecule has 138 valence electrons. The van der Waals surface area contributed by atoms with E-state index in [1.54, 1.807) is 24.3 Å².